The van der Waals surface area contributed by atoms with Crippen molar-refractivity contribution in [3.05, 3.63) is 9.75 Å². The Morgan fingerprint density at radius 2 is 0.976 bits per heavy atom. The summed E-state index contributed by atoms with van der Waals surface area (Å²) in [6.45, 7) is 13.6. The molecule has 0 saturated heterocycles. The third kappa shape index (κ3) is 9.01. The first-order valence-corrected chi connectivity index (χ1v) is 17.7. The lowest BCUT2D eigenvalue weighted by atomic mass is 9.92. The summed E-state index contributed by atoms with van der Waals surface area (Å²) in [7, 11) is 0. The maximum atomic E-state index is 6.65. The van der Waals surface area contributed by atoms with Gasteiger partial charge in [0.05, 0.1) is 28.4 Å². The molecule has 0 aliphatic carbocycles. The molecule has 2 aromatic heterocycles. The van der Waals surface area contributed by atoms with Gasteiger partial charge in [-0.05, 0) is 26.7 Å². The van der Waals surface area contributed by atoms with Gasteiger partial charge in [-0.25, -0.2) is 0 Å². The zero-order valence-corrected chi connectivity index (χ0v) is 27.5. The molecule has 0 radical (unpaired) electrons. The van der Waals surface area contributed by atoms with Crippen molar-refractivity contribution in [3.8, 4) is 32.8 Å². The van der Waals surface area contributed by atoms with Gasteiger partial charge in [-0.15, -0.1) is 22.7 Å². The molecule has 0 atom stereocenters. The third-order valence-electron chi connectivity index (χ3n) is 7.90. The van der Waals surface area contributed by atoms with Crippen LogP contribution in [0.5, 0.6) is 23.0 Å². The minimum Gasteiger partial charge on any atom is -0.488 e. The molecule has 41 heavy (non-hydrogen) atoms. The first-order chi connectivity index (χ1) is 20.1. The maximum Gasteiger partial charge on any atom is 0.181 e. The average Bonchev–Trinajstić information content (AvgIpc) is 3.41. The van der Waals surface area contributed by atoms with Crippen LogP contribution in [0.25, 0.3) is 9.75 Å². The Hall–Kier alpha value is -1.48. The zero-order valence-electron chi connectivity index (χ0n) is 25.9. The summed E-state index contributed by atoms with van der Waals surface area (Å²) < 4.78 is 37.8. The third-order valence-corrected chi connectivity index (χ3v) is 10.2. The Balaban J connectivity index is 1.40. The van der Waals surface area contributed by atoms with E-state index < -0.39 is 0 Å². The number of hydrogen-bond donors (Lipinski definition) is 0. The van der Waals surface area contributed by atoms with Gasteiger partial charge in [0.15, 0.2) is 23.0 Å². The van der Waals surface area contributed by atoms with Crippen molar-refractivity contribution in [2.45, 2.75) is 105 Å². The number of fused-ring (bicyclic) bond motifs is 2. The number of hydrogen-bond acceptors (Lipinski definition) is 8. The van der Waals surface area contributed by atoms with Gasteiger partial charge in [0.1, 0.15) is 26.4 Å². The molecule has 0 fully saturated rings. The molecule has 6 nitrogen and oxygen atoms in total. The van der Waals surface area contributed by atoms with Gasteiger partial charge < -0.3 is 28.4 Å². The summed E-state index contributed by atoms with van der Waals surface area (Å²) >= 11 is 3.41. The predicted molar refractivity (Wildman–Crippen MR) is 170 cm³/mol. The summed E-state index contributed by atoms with van der Waals surface area (Å²) in [5.41, 5.74) is -0.352. The predicted octanol–water partition coefficient (Wildman–Crippen LogP) is 9.38. The van der Waals surface area contributed by atoms with Crippen LogP contribution in [0.15, 0.2) is 0 Å². The molecule has 2 aliphatic rings. The van der Waals surface area contributed by atoms with Crippen molar-refractivity contribution in [1.29, 1.82) is 0 Å². The number of thiophene rings is 2. The second kappa shape index (κ2) is 17.0. The number of aryl methyl sites for hydroxylation is 2. The maximum absolute atomic E-state index is 6.65. The first-order valence-electron chi connectivity index (χ1n) is 16.0. The van der Waals surface area contributed by atoms with E-state index in [-0.39, 0.29) is 5.41 Å². The number of rotatable bonds is 19. The van der Waals surface area contributed by atoms with Crippen LogP contribution in [0.4, 0.5) is 0 Å². The summed E-state index contributed by atoms with van der Waals surface area (Å²) in [5.74, 6) is 3.37. The fraction of sp³-hybridized carbons (Fsp3) is 0.758. The highest BCUT2D eigenvalue weighted by molar-refractivity contribution is 7.23. The Labute approximate surface area is 256 Å². The molecule has 0 N–H and O–H groups in total. The van der Waals surface area contributed by atoms with Crippen molar-refractivity contribution >= 4 is 22.7 Å². The van der Waals surface area contributed by atoms with Gasteiger partial charge in [0, 0.05) is 23.0 Å². The fourth-order valence-electron chi connectivity index (χ4n) is 5.45. The van der Waals surface area contributed by atoms with E-state index in [2.05, 4.69) is 27.7 Å². The molecule has 0 aromatic carbocycles. The molecule has 0 saturated carbocycles. The van der Waals surface area contributed by atoms with Gasteiger partial charge in [0.2, 0.25) is 0 Å². The Morgan fingerprint density at radius 1 is 0.561 bits per heavy atom. The van der Waals surface area contributed by atoms with Crippen molar-refractivity contribution in [2.75, 3.05) is 52.9 Å². The van der Waals surface area contributed by atoms with Crippen LogP contribution in [0.1, 0.15) is 101 Å². The fourth-order valence-corrected chi connectivity index (χ4v) is 7.66. The zero-order chi connectivity index (χ0) is 28.9. The van der Waals surface area contributed by atoms with Crippen LogP contribution in [-0.2, 0) is 9.47 Å². The summed E-state index contributed by atoms with van der Waals surface area (Å²) in [6.07, 6.45) is 15.1. The molecule has 2 aromatic rings. The highest BCUT2D eigenvalue weighted by Gasteiger charge is 2.39. The molecule has 4 rings (SSSR count). The molecule has 0 unspecified atom stereocenters. The van der Waals surface area contributed by atoms with Crippen molar-refractivity contribution in [3.63, 3.8) is 0 Å². The lowest BCUT2D eigenvalue weighted by Crippen LogP contribution is -2.42. The number of ether oxygens (including phenoxy) is 6. The first kappa shape index (κ1) is 32.4. The Bertz CT molecular complexity index is 1030. The van der Waals surface area contributed by atoms with E-state index in [1.54, 1.807) is 22.7 Å². The molecular formula is C33H52O6S2. The van der Waals surface area contributed by atoms with E-state index in [1.165, 1.54) is 64.2 Å². The van der Waals surface area contributed by atoms with E-state index in [0.717, 1.165) is 68.6 Å². The van der Waals surface area contributed by atoms with Crippen LogP contribution in [0.2, 0.25) is 0 Å². The van der Waals surface area contributed by atoms with Crippen molar-refractivity contribution < 1.29 is 28.4 Å². The monoisotopic (exact) mass is 608 g/mol. The highest BCUT2D eigenvalue weighted by atomic mass is 32.1. The molecule has 0 spiro atoms. The lowest BCUT2D eigenvalue weighted by molar-refractivity contribution is -0.0605. The highest BCUT2D eigenvalue weighted by Crippen LogP contribution is 2.57. The van der Waals surface area contributed by atoms with Crippen molar-refractivity contribution in [1.82, 2.24) is 0 Å². The Morgan fingerprint density at radius 3 is 1.51 bits per heavy atom. The molecule has 8 heteroatoms. The number of unbranched alkanes of at least 4 members (excludes halogenated alkanes) is 10. The lowest BCUT2D eigenvalue weighted by Gasteiger charge is -2.30. The largest absolute Gasteiger partial charge is 0.488 e. The van der Waals surface area contributed by atoms with Gasteiger partial charge in [-0.3, -0.25) is 0 Å². The molecule has 4 heterocycles. The molecule has 0 bridgehead atoms. The van der Waals surface area contributed by atoms with E-state index in [4.69, 9.17) is 28.4 Å². The summed E-state index contributed by atoms with van der Waals surface area (Å²) in [6, 6.07) is 0. The van der Waals surface area contributed by atoms with Crippen LogP contribution < -0.4 is 18.9 Å². The molecule has 2 aliphatic heterocycles. The van der Waals surface area contributed by atoms with E-state index in [0.29, 0.717) is 39.6 Å². The topological polar surface area (TPSA) is 55.4 Å². The van der Waals surface area contributed by atoms with E-state index in [1.807, 2.05) is 0 Å². The second-order valence-electron chi connectivity index (χ2n) is 11.7. The SMILES string of the molecule is CCCCCCCCOCC1(COCCCCCCCC)COc2c(C)sc(-c3sc(C)c4c3OCCO4)c2OC1. The molecular weight excluding hydrogens is 556 g/mol. The van der Waals surface area contributed by atoms with Gasteiger partial charge in [-0.2, -0.15) is 0 Å². The normalized spacial score (nSPS) is 15.7. The van der Waals surface area contributed by atoms with Crippen molar-refractivity contribution in [2.24, 2.45) is 5.41 Å². The van der Waals surface area contributed by atoms with Gasteiger partial charge in [0.25, 0.3) is 0 Å². The minimum atomic E-state index is -0.352. The van der Waals surface area contributed by atoms with Gasteiger partial charge in [-0.1, -0.05) is 78.1 Å². The molecule has 0 amide bonds. The van der Waals surface area contributed by atoms with Gasteiger partial charge >= 0.3 is 0 Å². The minimum absolute atomic E-state index is 0.352. The second-order valence-corrected chi connectivity index (χ2v) is 14.2. The van der Waals surface area contributed by atoms with Crippen LogP contribution >= 0.6 is 22.7 Å². The summed E-state index contributed by atoms with van der Waals surface area (Å²) in [4.78, 5) is 4.38. The summed E-state index contributed by atoms with van der Waals surface area (Å²) in [5, 5.41) is 0. The van der Waals surface area contributed by atoms with E-state index >= 15 is 0 Å². The van der Waals surface area contributed by atoms with Crippen LogP contribution in [-0.4, -0.2) is 52.9 Å². The standard InChI is InChI=1S/C33H52O6S2/c1-5-7-9-11-13-15-17-34-21-33(22-35-18-16-14-12-10-8-6-2)23-38-28-26(4)41-32(30(28)39-24-33)31-29-27(25(3)40-31)36-19-20-37-29/h5-24H2,1-4H3. The Kier molecular flexibility index (Phi) is 13.4. The average molecular weight is 609 g/mol. The van der Waals surface area contributed by atoms with Crippen LogP contribution in [0, 0.1) is 19.3 Å². The van der Waals surface area contributed by atoms with Crippen LogP contribution in [0.3, 0.4) is 0 Å². The smallest absolute Gasteiger partial charge is 0.181 e. The molecule has 232 valence electrons. The van der Waals surface area contributed by atoms with E-state index in [9.17, 15) is 0 Å². The quantitative estimate of drug-likeness (QED) is 0.148.